The smallest absolute Gasteiger partial charge is 0.237 e. The van der Waals surface area contributed by atoms with Crippen molar-refractivity contribution < 1.29 is 9.90 Å². The molecule has 1 amide bonds. The first-order chi connectivity index (χ1) is 8.99. The van der Waals surface area contributed by atoms with E-state index < -0.39 is 0 Å². The van der Waals surface area contributed by atoms with Crippen LogP contribution in [0.15, 0.2) is 0 Å². The molecular formula is C15H30N2O2. The molecule has 1 heterocycles. The molecule has 1 rings (SSSR count). The normalized spacial score (nSPS) is 27.8. The summed E-state index contributed by atoms with van der Waals surface area (Å²) in [5.41, 5.74) is 0. The van der Waals surface area contributed by atoms with Gasteiger partial charge >= 0.3 is 0 Å². The van der Waals surface area contributed by atoms with Gasteiger partial charge in [0.05, 0.1) is 12.1 Å². The molecule has 4 nitrogen and oxygen atoms in total. The van der Waals surface area contributed by atoms with E-state index in [9.17, 15) is 9.90 Å². The second kappa shape index (κ2) is 7.85. The largest absolute Gasteiger partial charge is 0.393 e. The van der Waals surface area contributed by atoms with Crippen molar-refractivity contribution in [2.75, 3.05) is 13.1 Å². The summed E-state index contributed by atoms with van der Waals surface area (Å²) in [6.45, 7) is 9.90. The van der Waals surface area contributed by atoms with E-state index in [0.717, 1.165) is 38.8 Å². The molecule has 4 heteroatoms. The maximum atomic E-state index is 12.2. The van der Waals surface area contributed by atoms with Gasteiger partial charge in [-0.15, -0.1) is 0 Å². The van der Waals surface area contributed by atoms with Crippen molar-refractivity contribution in [1.29, 1.82) is 0 Å². The van der Waals surface area contributed by atoms with Gasteiger partial charge in [0, 0.05) is 19.1 Å². The van der Waals surface area contributed by atoms with Crippen LogP contribution in [-0.2, 0) is 4.79 Å². The molecular weight excluding hydrogens is 240 g/mol. The third kappa shape index (κ3) is 4.77. The van der Waals surface area contributed by atoms with Crippen LogP contribution in [0, 0.1) is 5.92 Å². The number of hydrogen-bond donors (Lipinski definition) is 2. The molecule has 0 aromatic carbocycles. The summed E-state index contributed by atoms with van der Waals surface area (Å²) in [6.07, 6.45) is 3.66. The average molecular weight is 270 g/mol. The van der Waals surface area contributed by atoms with Gasteiger partial charge in [0.2, 0.25) is 5.91 Å². The van der Waals surface area contributed by atoms with Crippen LogP contribution in [-0.4, -0.2) is 47.2 Å². The molecule has 0 radical (unpaired) electrons. The SMILES string of the molecule is CCCC(C)NC(=O)C(C)N1CCC(O)C(CC)C1. The lowest BCUT2D eigenvalue weighted by molar-refractivity contribution is -0.128. The summed E-state index contributed by atoms with van der Waals surface area (Å²) < 4.78 is 0. The predicted octanol–water partition coefficient (Wildman–Crippen LogP) is 1.77. The second-order valence-electron chi connectivity index (χ2n) is 5.89. The molecule has 2 N–H and O–H groups in total. The molecule has 1 fully saturated rings. The third-order valence-electron chi connectivity index (χ3n) is 4.29. The van der Waals surface area contributed by atoms with E-state index in [1.807, 2.05) is 6.92 Å². The number of aliphatic hydroxyl groups excluding tert-OH is 1. The first-order valence-electron chi connectivity index (χ1n) is 7.72. The highest BCUT2D eigenvalue weighted by Crippen LogP contribution is 2.21. The number of piperidine rings is 1. The van der Waals surface area contributed by atoms with Crippen LogP contribution in [0.3, 0.4) is 0 Å². The number of nitrogens with zero attached hydrogens (tertiary/aromatic N) is 1. The second-order valence-corrected chi connectivity index (χ2v) is 5.89. The standard InChI is InChI=1S/C15H30N2O2/c1-5-7-11(3)16-15(19)12(4)17-9-8-14(18)13(6-2)10-17/h11-14,18H,5-10H2,1-4H3,(H,16,19). The Morgan fingerprint density at radius 3 is 2.68 bits per heavy atom. The number of hydrogen-bond acceptors (Lipinski definition) is 3. The number of carbonyl (C=O) groups is 1. The van der Waals surface area contributed by atoms with Crippen molar-refractivity contribution in [3.8, 4) is 0 Å². The fourth-order valence-corrected chi connectivity index (χ4v) is 2.84. The summed E-state index contributed by atoms with van der Waals surface area (Å²) in [5.74, 6) is 0.421. The molecule has 4 atom stereocenters. The molecule has 0 aromatic heterocycles. The molecule has 0 saturated carbocycles. The van der Waals surface area contributed by atoms with Crippen molar-refractivity contribution in [3.05, 3.63) is 0 Å². The average Bonchev–Trinajstić information content (AvgIpc) is 2.38. The van der Waals surface area contributed by atoms with Gasteiger partial charge in [0.15, 0.2) is 0 Å². The fraction of sp³-hybridized carbons (Fsp3) is 0.933. The third-order valence-corrected chi connectivity index (χ3v) is 4.29. The first kappa shape index (κ1) is 16.4. The number of rotatable bonds is 6. The quantitative estimate of drug-likeness (QED) is 0.773. The van der Waals surface area contributed by atoms with E-state index in [2.05, 4.69) is 31.0 Å². The van der Waals surface area contributed by atoms with Crippen molar-refractivity contribution in [2.45, 2.75) is 71.6 Å². The van der Waals surface area contributed by atoms with Crippen molar-refractivity contribution in [2.24, 2.45) is 5.92 Å². The van der Waals surface area contributed by atoms with Gasteiger partial charge in [-0.1, -0.05) is 20.3 Å². The first-order valence-corrected chi connectivity index (χ1v) is 7.72. The van der Waals surface area contributed by atoms with E-state index in [-0.39, 0.29) is 24.1 Å². The Labute approximate surface area is 117 Å². The van der Waals surface area contributed by atoms with Crippen LogP contribution in [0.5, 0.6) is 0 Å². The Hall–Kier alpha value is -0.610. The Bertz CT molecular complexity index is 283. The number of carbonyl (C=O) groups excluding carboxylic acids is 1. The van der Waals surface area contributed by atoms with Gasteiger partial charge in [-0.2, -0.15) is 0 Å². The zero-order valence-electron chi connectivity index (χ0n) is 12.9. The monoisotopic (exact) mass is 270 g/mol. The van der Waals surface area contributed by atoms with E-state index in [0.29, 0.717) is 5.92 Å². The molecule has 4 unspecified atom stereocenters. The predicted molar refractivity (Wildman–Crippen MR) is 78.0 cm³/mol. The molecule has 1 saturated heterocycles. The molecule has 0 aliphatic carbocycles. The Balaban J connectivity index is 2.48. The van der Waals surface area contributed by atoms with Crippen molar-refractivity contribution in [1.82, 2.24) is 10.2 Å². The van der Waals surface area contributed by atoms with Gasteiger partial charge in [-0.25, -0.2) is 0 Å². The number of nitrogens with one attached hydrogen (secondary N) is 1. The zero-order chi connectivity index (χ0) is 14.4. The molecule has 0 aromatic rings. The molecule has 0 bridgehead atoms. The summed E-state index contributed by atoms with van der Waals surface area (Å²) >= 11 is 0. The number of aliphatic hydroxyl groups is 1. The zero-order valence-corrected chi connectivity index (χ0v) is 12.9. The van der Waals surface area contributed by atoms with Crippen LogP contribution < -0.4 is 5.32 Å². The highest BCUT2D eigenvalue weighted by atomic mass is 16.3. The minimum atomic E-state index is -0.199. The van der Waals surface area contributed by atoms with Gasteiger partial charge in [0.25, 0.3) is 0 Å². The van der Waals surface area contributed by atoms with Gasteiger partial charge in [0.1, 0.15) is 0 Å². The highest BCUT2D eigenvalue weighted by molar-refractivity contribution is 5.81. The van der Waals surface area contributed by atoms with E-state index in [1.165, 1.54) is 0 Å². The van der Waals surface area contributed by atoms with Crippen LogP contribution in [0.4, 0.5) is 0 Å². The lowest BCUT2D eigenvalue weighted by Gasteiger charge is -2.38. The van der Waals surface area contributed by atoms with Crippen LogP contribution >= 0.6 is 0 Å². The maximum absolute atomic E-state index is 12.2. The minimum absolute atomic E-state index is 0.0964. The van der Waals surface area contributed by atoms with Crippen LogP contribution in [0.25, 0.3) is 0 Å². The minimum Gasteiger partial charge on any atom is -0.393 e. The lowest BCUT2D eigenvalue weighted by atomic mass is 9.91. The Morgan fingerprint density at radius 1 is 1.42 bits per heavy atom. The summed E-state index contributed by atoms with van der Waals surface area (Å²) in [4.78, 5) is 14.4. The molecule has 1 aliphatic rings. The van der Waals surface area contributed by atoms with Crippen LogP contribution in [0.1, 0.15) is 53.4 Å². The van der Waals surface area contributed by atoms with E-state index in [4.69, 9.17) is 0 Å². The topological polar surface area (TPSA) is 52.6 Å². The fourth-order valence-electron chi connectivity index (χ4n) is 2.84. The molecule has 112 valence electrons. The van der Waals surface area contributed by atoms with E-state index in [1.54, 1.807) is 0 Å². The van der Waals surface area contributed by atoms with Crippen molar-refractivity contribution >= 4 is 5.91 Å². The summed E-state index contributed by atoms with van der Waals surface area (Å²) in [5, 5.41) is 13.0. The van der Waals surface area contributed by atoms with Crippen LogP contribution in [0.2, 0.25) is 0 Å². The summed E-state index contributed by atoms with van der Waals surface area (Å²) in [6, 6.07) is 0.151. The van der Waals surface area contributed by atoms with Crippen molar-refractivity contribution in [3.63, 3.8) is 0 Å². The van der Waals surface area contributed by atoms with Gasteiger partial charge in [-0.3, -0.25) is 9.69 Å². The molecule has 1 aliphatic heterocycles. The Kier molecular flexibility index (Phi) is 6.80. The van der Waals surface area contributed by atoms with E-state index >= 15 is 0 Å². The highest BCUT2D eigenvalue weighted by Gasteiger charge is 2.31. The van der Waals surface area contributed by atoms with Gasteiger partial charge in [-0.05, 0) is 39.0 Å². The lowest BCUT2D eigenvalue weighted by Crippen LogP contribution is -2.53. The molecule has 19 heavy (non-hydrogen) atoms. The number of amides is 1. The van der Waals surface area contributed by atoms with Gasteiger partial charge < -0.3 is 10.4 Å². The number of likely N-dealkylation sites (tertiary alicyclic amines) is 1. The Morgan fingerprint density at radius 2 is 2.11 bits per heavy atom. The summed E-state index contributed by atoms with van der Waals surface area (Å²) in [7, 11) is 0. The maximum Gasteiger partial charge on any atom is 0.237 e. The molecule has 0 spiro atoms.